The van der Waals surface area contributed by atoms with E-state index < -0.39 is 28.3 Å². The number of esters is 1. The van der Waals surface area contributed by atoms with E-state index in [9.17, 15) is 24.8 Å². The van der Waals surface area contributed by atoms with Gasteiger partial charge in [-0.25, -0.2) is 4.79 Å². The number of hydrogen-bond acceptors (Lipinski definition) is 7. The number of aromatic hydroxyl groups is 1. The molecule has 0 heterocycles. The smallest absolute Gasteiger partial charge is 0.339 e. The first-order valence-electron chi connectivity index (χ1n) is 5.44. The molecule has 0 aliphatic carbocycles. The van der Waals surface area contributed by atoms with Gasteiger partial charge in [0.15, 0.2) is 0 Å². The fourth-order valence-electron chi connectivity index (χ4n) is 1.29. The summed E-state index contributed by atoms with van der Waals surface area (Å²) in [5.41, 5.74) is -0.396. The molecule has 9 nitrogen and oxygen atoms in total. The van der Waals surface area contributed by atoms with Crippen LogP contribution in [0.2, 0.25) is 0 Å². The molecule has 0 spiro atoms. The van der Waals surface area contributed by atoms with Gasteiger partial charge in [0, 0.05) is 6.42 Å². The standard InChI is InChI=1S/C11H11NO8/c13-9-4-3-7(6-8(9)11(15)16)20-10(14)2-1-5-19-12(17)18/h3-4,6,13H,1-2,5H2,(H,15,16). The third-order valence-corrected chi connectivity index (χ3v) is 2.15. The van der Waals surface area contributed by atoms with E-state index in [0.29, 0.717) is 0 Å². The van der Waals surface area contributed by atoms with E-state index >= 15 is 0 Å². The molecular weight excluding hydrogens is 274 g/mol. The number of ether oxygens (including phenoxy) is 1. The van der Waals surface area contributed by atoms with Crippen LogP contribution in [0.4, 0.5) is 0 Å². The van der Waals surface area contributed by atoms with Crippen LogP contribution in [0.15, 0.2) is 18.2 Å². The van der Waals surface area contributed by atoms with Gasteiger partial charge in [-0.2, -0.15) is 0 Å². The van der Waals surface area contributed by atoms with Gasteiger partial charge in [-0.3, -0.25) is 4.79 Å². The topological polar surface area (TPSA) is 136 Å². The molecule has 0 saturated carbocycles. The highest BCUT2D eigenvalue weighted by Crippen LogP contribution is 2.23. The normalized spacial score (nSPS) is 9.80. The minimum Gasteiger partial charge on any atom is -0.507 e. The average molecular weight is 285 g/mol. The van der Waals surface area contributed by atoms with Crippen LogP contribution in [0.25, 0.3) is 0 Å². The van der Waals surface area contributed by atoms with Crippen molar-refractivity contribution in [2.24, 2.45) is 0 Å². The molecule has 0 aromatic heterocycles. The summed E-state index contributed by atoms with van der Waals surface area (Å²) in [6.45, 7) is -0.238. The first-order chi connectivity index (χ1) is 9.40. The first-order valence-corrected chi connectivity index (χ1v) is 5.44. The molecule has 1 rings (SSSR count). The highest BCUT2D eigenvalue weighted by atomic mass is 16.9. The second-order valence-electron chi connectivity index (χ2n) is 3.62. The predicted molar refractivity (Wildman–Crippen MR) is 62.9 cm³/mol. The molecule has 108 valence electrons. The van der Waals surface area contributed by atoms with E-state index in [-0.39, 0.29) is 25.2 Å². The van der Waals surface area contributed by atoms with Crippen molar-refractivity contribution in [2.45, 2.75) is 12.8 Å². The molecule has 1 aromatic carbocycles. The van der Waals surface area contributed by atoms with Gasteiger partial charge in [0.05, 0.1) is 6.61 Å². The number of aromatic carboxylic acids is 1. The number of carboxylic acid groups (broad SMARTS) is 1. The van der Waals surface area contributed by atoms with Gasteiger partial charge < -0.3 is 19.8 Å². The van der Waals surface area contributed by atoms with Gasteiger partial charge in [0.25, 0.3) is 5.09 Å². The number of carbonyl (C=O) groups excluding carboxylic acids is 1. The van der Waals surface area contributed by atoms with Gasteiger partial charge in [-0.15, -0.1) is 10.1 Å². The molecule has 0 unspecified atom stereocenters. The first kappa shape index (κ1) is 15.2. The number of hydrogen-bond donors (Lipinski definition) is 2. The van der Waals surface area contributed by atoms with Crippen molar-refractivity contribution in [3.63, 3.8) is 0 Å². The molecule has 0 bridgehead atoms. The Labute approximate surface area is 112 Å². The van der Waals surface area contributed by atoms with Crippen molar-refractivity contribution in [1.29, 1.82) is 0 Å². The van der Waals surface area contributed by atoms with Crippen LogP contribution in [-0.2, 0) is 9.63 Å². The van der Waals surface area contributed by atoms with Gasteiger partial charge in [0.2, 0.25) is 0 Å². The summed E-state index contributed by atoms with van der Waals surface area (Å²) in [4.78, 5) is 36.0. The van der Waals surface area contributed by atoms with Crippen LogP contribution >= 0.6 is 0 Å². The number of phenols is 1. The van der Waals surface area contributed by atoms with Crippen LogP contribution in [0.1, 0.15) is 23.2 Å². The number of carboxylic acids is 1. The van der Waals surface area contributed by atoms with Crippen molar-refractivity contribution in [3.8, 4) is 11.5 Å². The molecule has 1 aromatic rings. The minimum atomic E-state index is -1.36. The Bertz CT molecular complexity index is 527. The molecular formula is C11H11NO8. The average Bonchev–Trinajstić information content (AvgIpc) is 2.36. The number of nitrogens with zero attached hydrogens (tertiary/aromatic N) is 1. The number of rotatable bonds is 7. The molecule has 9 heteroatoms. The fraction of sp³-hybridized carbons (Fsp3) is 0.273. The number of carbonyl (C=O) groups is 2. The Kier molecular flexibility index (Phi) is 5.27. The summed E-state index contributed by atoms with van der Waals surface area (Å²) in [7, 11) is 0. The second-order valence-corrected chi connectivity index (χ2v) is 3.62. The summed E-state index contributed by atoms with van der Waals surface area (Å²) in [6, 6.07) is 3.32. The zero-order valence-electron chi connectivity index (χ0n) is 10.1. The zero-order chi connectivity index (χ0) is 15.1. The molecule has 0 fully saturated rings. The molecule has 0 aliphatic heterocycles. The van der Waals surface area contributed by atoms with Crippen LogP contribution in [0.3, 0.4) is 0 Å². The van der Waals surface area contributed by atoms with Crippen molar-refractivity contribution in [1.82, 2.24) is 0 Å². The molecule has 0 amide bonds. The molecule has 0 saturated heterocycles. The van der Waals surface area contributed by atoms with Crippen LogP contribution in [-0.4, -0.2) is 33.8 Å². The van der Waals surface area contributed by atoms with Gasteiger partial charge >= 0.3 is 11.9 Å². The summed E-state index contributed by atoms with van der Waals surface area (Å²) < 4.78 is 4.83. The number of benzene rings is 1. The highest BCUT2D eigenvalue weighted by Gasteiger charge is 2.12. The van der Waals surface area contributed by atoms with E-state index in [0.717, 1.165) is 12.1 Å². The van der Waals surface area contributed by atoms with Crippen molar-refractivity contribution >= 4 is 11.9 Å². The predicted octanol–water partition coefficient (Wildman–Crippen LogP) is 0.984. The van der Waals surface area contributed by atoms with Crippen molar-refractivity contribution in [2.75, 3.05) is 6.61 Å². The van der Waals surface area contributed by atoms with E-state index in [4.69, 9.17) is 9.84 Å². The Balaban J connectivity index is 2.52. The maximum Gasteiger partial charge on any atom is 0.339 e. The zero-order valence-corrected chi connectivity index (χ0v) is 10.1. The monoisotopic (exact) mass is 285 g/mol. The third kappa shape index (κ3) is 4.80. The highest BCUT2D eigenvalue weighted by molar-refractivity contribution is 5.91. The van der Waals surface area contributed by atoms with E-state index in [1.54, 1.807) is 0 Å². The third-order valence-electron chi connectivity index (χ3n) is 2.15. The Morgan fingerprint density at radius 1 is 1.35 bits per heavy atom. The van der Waals surface area contributed by atoms with Crippen LogP contribution in [0, 0.1) is 10.1 Å². The molecule has 0 atom stereocenters. The van der Waals surface area contributed by atoms with Crippen molar-refractivity contribution in [3.05, 3.63) is 33.9 Å². The summed E-state index contributed by atoms with van der Waals surface area (Å²) in [6.07, 6.45) is -0.0409. The summed E-state index contributed by atoms with van der Waals surface area (Å²) in [5, 5.41) is 26.9. The fourth-order valence-corrected chi connectivity index (χ4v) is 1.29. The van der Waals surface area contributed by atoms with Gasteiger partial charge in [0.1, 0.15) is 17.1 Å². The van der Waals surface area contributed by atoms with Crippen LogP contribution in [0.5, 0.6) is 11.5 Å². The lowest BCUT2D eigenvalue weighted by atomic mass is 10.2. The van der Waals surface area contributed by atoms with Gasteiger partial charge in [-0.1, -0.05) is 0 Å². The molecule has 0 aliphatic rings. The summed E-state index contributed by atoms with van der Waals surface area (Å²) in [5.74, 6) is -2.55. The maximum atomic E-state index is 11.4. The summed E-state index contributed by atoms with van der Waals surface area (Å²) >= 11 is 0. The lowest BCUT2D eigenvalue weighted by molar-refractivity contribution is -0.757. The Morgan fingerprint density at radius 3 is 2.65 bits per heavy atom. The lowest BCUT2D eigenvalue weighted by Crippen LogP contribution is -2.11. The molecule has 2 N–H and O–H groups in total. The Hall–Kier alpha value is -2.84. The lowest BCUT2D eigenvalue weighted by Gasteiger charge is -2.06. The molecule has 0 radical (unpaired) electrons. The van der Waals surface area contributed by atoms with E-state index in [1.807, 2.05) is 0 Å². The van der Waals surface area contributed by atoms with Crippen molar-refractivity contribution < 1.29 is 34.5 Å². The van der Waals surface area contributed by atoms with E-state index in [2.05, 4.69) is 4.84 Å². The maximum absolute atomic E-state index is 11.4. The minimum absolute atomic E-state index is 0.0413. The van der Waals surface area contributed by atoms with Gasteiger partial charge in [-0.05, 0) is 24.6 Å². The largest absolute Gasteiger partial charge is 0.507 e. The van der Waals surface area contributed by atoms with Crippen LogP contribution < -0.4 is 4.74 Å². The Morgan fingerprint density at radius 2 is 2.05 bits per heavy atom. The van der Waals surface area contributed by atoms with E-state index in [1.165, 1.54) is 6.07 Å². The molecule has 20 heavy (non-hydrogen) atoms. The quantitative estimate of drug-likeness (QED) is 0.249. The second kappa shape index (κ2) is 6.92. The SMILES string of the molecule is O=C(CCCO[N+](=O)[O-])Oc1ccc(O)c(C(=O)O)c1.